The molecule has 2 aromatic rings. The van der Waals surface area contributed by atoms with Crippen molar-refractivity contribution in [2.45, 2.75) is 49.3 Å². The molecule has 2 aromatic carbocycles. The topological polar surface area (TPSA) is 121 Å². The Labute approximate surface area is 188 Å². The molecule has 0 radical (unpaired) electrons. The van der Waals surface area contributed by atoms with Crippen molar-refractivity contribution in [2.75, 3.05) is 12.4 Å². The van der Waals surface area contributed by atoms with Crippen LogP contribution < -0.4 is 14.8 Å². The van der Waals surface area contributed by atoms with E-state index in [1.807, 2.05) is 32.4 Å². The van der Waals surface area contributed by atoms with Crippen molar-refractivity contribution in [3.8, 4) is 0 Å². The molecule has 0 aliphatic rings. The SMILES string of the molecule is CNS(=O)(=O)c1cccc(S(=O)(=O)NC(=O)Nc2c(C(C)C)cc(Cl)cc2C(C)C)c1. The predicted molar refractivity (Wildman–Crippen MR) is 122 cm³/mol. The Hall–Kier alpha value is -2.14. The third kappa shape index (κ3) is 5.97. The van der Waals surface area contributed by atoms with E-state index in [0.29, 0.717) is 10.7 Å². The van der Waals surface area contributed by atoms with Crippen molar-refractivity contribution in [1.82, 2.24) is 9.44 Å². The summed E-state index contributed by atoms with van der Waals surface area (Å²) in [7, 11) is -6.96. The third-order valence-corrected chi connectivity index (χ3v) is 7.53. The van der Waals surface area contributed by atoms with Crippen LogP contribution in [0.15, 0.2) is 46.2 Å². The molecule has 0 aliphatic carbocycles. The Morgan fingerprint density at radius 2 is 1.35 bits per heavy atom. The Morgan fingerprint density at radius 3 is 1.81 bits per heavy atom. The molecule has 0 unspecified atom stereocenters. The van der Waals surface area contributed by atoms with E-state index in [-0.39, 0.29) is 21.6 Å². The molecule has 11 heteroatoms. The summed E-state index contributed by atoms with van der Waals surface area (Å²) >= 11 is 6.22. The van der Waals surface area contributed by atoms with Gasteiger partial charge in [0.1, 0.15) is 0 Å². The highest BCUT2D eigenvalue weighted by molar-refractivity contribution is 7.90. The molecule has 0 heterocycles. The summed E-state index contributed by atoms with van der Waals surface area (Å²) in [6.07, 6.45) is 0. The highest BCUT2D eigenvalue weighted by Gasteiger charge is 2.23. The van der Waals surface area contributed by atoms with Crippen LogP contribution in [0.25, 0.3) is 0 Å². The van der Waals surface area contributed by atoms with E-state index in [0.717, 1.165) is 17.2 Å². The quantitative estimate of drug-likeness (QED) is 0.544. The summed E-state index contributed by atoms with van der Waals surface area (Å²) in [4.78, 5) is 12.0. The van der Waals surface area contributed by atoms with Crippen LogP contribution in [-0.2, 0) is 20.0 Å². The van der Waals surface area contributed by atoms with Gasteiger partial charge in [0.25, 0.3) is 10.0 Å². The minimum atomic E-state index is -4.33. The van der Waals surface area contributed by atoms with E-state index in [4.69, 9.17) is 11.6 Å². The van der Waals surface area contributed by atoms with Gasteiger partial charge in [-0.05, 0) is 60.3 Å². The van der Waals surface area contributed by atoms with Gasteiger partial charge in [-0.3, -0.25) is 0 Å². The van der Waals surface area contributed by atoms with Gasteiger partial charge in [-0.25, -0.2) is 31.1 Å². The lowest BCUT2D eigenvalue weighted by molar-refractivity contribution is 0.256. The monoisotopic (exact) mass is 487 g/mol. The summed E-state index contributed by atoms with van der Waals surface area (Å²) in [6, 6.07) is 7.21. The normalized spacial score (nSPS) is 12.3. The zero-order valence-corrected chi connectivity index (χ0v) is 20.2. The first-order valence-corrected chi connectivity index (χ1v) is 12.8. The first kappa shape index (κ1) is 25.1. The molecule has 170 valence electrons. The van der Waals surface area contributed by atoms with Gasteiger partial charge in [-0.2, -0.15) is 0 Å². The van der Waals surface area contributed by atoms with Crippen LogP contribution >= 0.6 is 11.6 Å². The molecule has 0 fully saturated rings. The minimum Gasteiger partial charge on any atom is -0.307 e. The van der Waals surface area contributed by atoms with E-state index in [9.17, 15) is 21.6 Å². The Bertz CT molecular complexity index is 1160. The second kappa shape index (κ2) is 9.56. The Balaban J connectivity index is 2.38. The fourth-order valence-electron chi connectivity index (χ4n) is 2.95. The van der Waals surface area contributed by atoms with E-state index in [2.05, 4.69) is 10.0 Å². The smallest absolute Gasteiger partial charge is 0.307 e. The summed E-state index contributed by atoms with van der Waals surface area (Å²) in [6.45, 7) is 7.74. The van der Waals surface area contributed by atoms with Crippen LogP contribution in [0.3, 0.4) is 0 Å². The lowest BCUT2D eigenvalue weighted by Gasteiger charge is -2.21. The largest absolute Gasteiger partial charge is 0.333 e. The van der Waals surface area contributed by atoms with Crippen LogP contribution in [0.5, 0.6) is 0 Å². The molecule has 0 aromatic heterocycles. The Morgan fingerprint density at radius 1 is 0.871 bits per heavy atom. The van der Waals surface area contributed by atoms with Gasteiger partial charge < -0.3 is 5.32 Å². The second-order valence-electron chi connectivity index (χ2n) is 7.51. The zero-order valence-electron chi connectivity index (χ0n) is 17.9. The van der Waals surface area contributed by atoms with Gasteiger partial charge >= 0.3 is 6.03 Å². The van der Waals surface area contributed by atoms with Crippen LogP contribution in [0.1, 0.15) is 50.7 Å². The van der Waals surface area contributed by atoms with Crippen molar-refractivity contribution in [3.63, 3.8) is 0 Å². The molecule has 2 rings (SSSR count). The van der Waals surface area contributed by atoms with Crippen molar-refractivity contribution >= 4 is 43.4 Å². The van der Waals surface area contributed by atoms with E-state index >= 15 is 0 Å². The van der Waals surface area contributed by atoms with Gasteiger partial charge in [0.15, 0.2) is 0 Å². The lowest BCUT2D eigenvalue weighted by atomic mass is 9.92. The molecule has 0 spiro atoms. The first-order chi connectivity index (χ1) is 14.3. The van der Waals surface area contributed by atoms with Crippen molar-refractivity contribution in [2.24, 2.45) is 0 Å². The van der Waals surface area contributed by atoms with Crippen molar-refractivity contribution < 1.29 is 21.6 Å². The fraction of sp³-hybridized carbons (Fsp3) is 0.350. The molecule has 8 nitrogen and oxygen atoms in total. The first-order valence-electron chi connectivity index (χ1n) is 9.49. The molecule has 31 heavy (non-hydrogen) atoms. The second-order valence-corrected chi connectivity index (χ2v) is 11.5. The summed E-state index contributed by atoms with van der Waals surface area (Å²) in [5.74, 6) is 0.0399. The van der Waals surface area contributed by atoms with E-state index in [1.54, 1.807) is 12.1 Å². The number of anilines is 1. The molecule has 0 aliphatic heterocycles. The van der Waals surface area contributed by atoms with Gasteiger partial charge in [0.2, 0.25) is 10.0 Å². The minimum absolute atomic E-state index is 0.0199. The highest BCUT2D eigenvalue weighted by Crippen LogP contribution is 2.35. The maximum absolute atomic E-state index is 12.7. The summed E-state index contributed by atoms with van der Waals surface area (Å²) in [5.41, 5.74) is 2.03. The number of hydrogen-bond donors (Lipinski definition) is 3. The maximum Gasteiger partial charge on any atom is 0.333 e. The molecular formula is C20H26ClN3O5S2. The highest BCUT2D eigenvalue weighted by atomic mass is 35.5. The zero-order chi connectivity index (χ0) is 23.6. The number of nitrogens with one attached hydrogen (secondary N) is 3. The number of sulfonamides is 2. The molecule has 0 atom stereocenters. The average Bonchev–Trinajstić information content (AvgIpc) is 2.68. The number of amides is 2. The van der Waals surface area contributed by atoms with Crippen LogP contribution in [0.4, 0.5) is 10.5 Å². The fourth-order valence-corrected chi connectivity index (χ4v) is 4.99. The molecule has 0 saturated heterocycles. The standard InChI is InChI=1S/C20H26ClN3O5S2/c1-12(2)17-9-14(21)10-18(13(3)4)19(17)23-20(25)24-31(28,29)16-8-6-7-15(11-16)30(26,27)22-5/h6-13,22H,1-5H3,(H2,23,24,25). The van der Waals surface area contributed by atoms with Gasteiger partial charge in [-0.1, -0.05) is 45.4 Å². The van der Waals surface area contributed by atoms with Crippen molar-refractivity contribution in [3.05, 3.63) is 52.5 Å². The summed E-state index contributed by atoms with van der Waals surface area (Å²) in [5, 5.41) is 3.15. The number of carbonyl (C=O) groups is 1. The average molecular weight is 488 g/mol. The molecule has 0 bridgehead atoms. The van der Waals surface area contributed by atoms with Gasteiger partial charge in [-0.15, -0.1) is 0 Å². The number of hydrogen-bond acceptors (Lipinski definition) is 5. The number of halogens is 1. The maximum atomic E-state index is 12.7. The van der Waals surface area contributed by atoms with Gasteiger partial charge in [0, 0.05) is 10.7 Å². The lowest BCUT2D eigenvalue weighted by Crippen LogP contribution is -2.35. The number of carbonyl (C=O) groups excluding carboxylic acids is 1. The number of urea groups is 1. The van der Waals surface area contributed by atoms with E-state index < -0.39 is 26.1 Å². The van der Waals surface area contributed by atoms with E-state index in [1.165, 1.54) is 25.2 Å². The molecule has 2 amide bonds. The van der Waals surface area contributed by atoms with Crippen molar-refractivity contribution in [1.29, 1.82) is 0 Å². The number of benzene rings is 2. The number of rotatable bonds is 7. The molecule has 3 N–H and O–H groups in total. The van der Waals surface area contributed by atoms with Crippen LogP contribution in [0.2, 0.25) is 5.02 Å². The van der Waals surface area contributed by atoms with Crippen LogP contribution in [-0.4, -0.2) is 29.9 Å². The molecular weight excluding hydrogens is 462 g/mol. The summed E-state index contributed by atoms with van der Waals surface area (Å²) < 4.78 is 53.3. The Kier molecular flexibility index (Phi) is 7.75. The molecule has 0 saturated carbocycles. The predicted octanol–water partition coefficient (Wildman–Crippen LogP) is 4.01. The van der Waals surface area contributed by atoms with Gasteiger partial charge in [0.05, 0.1) is 9.79 Å². The van der Waals surface area contributed by atoms with Crippen LogP contribution in [0, 0.1) is 0 Å². The third-order valence-electron chi connectivity index (χ3n) is 4.57.